The molecule has 1 heterocycles. The third-order valence-electron chi connectivity index (χ3n) is 3.41. The summed E-state index contributed by atoms with van der Waals surface area (Å²) in [6.45, 7) is 2.14. The van der Waals surface area contributed by atoms with Crippen molar-refractivity contribution in [2.45, 2.75) is 13.3 Å². The average molecular weight is 248 g/mol. The normalized spacial score (nSPS) is 10.8. The Balaban J connectivity index is 2.29. The summed E-state index contributed by atoms with van der Waals surface area (Å²) in [7, 11) is 0. The summed E-state index contributed by atoms with van der Waals surface area (Å²) < 4.78 is 0. The van der Waals surface area contributed by atoms with E-state index in [1.165, 1.54) is 5.56 Å². The van der Waals surface area contributed by atoms with Crippen LogP contribution in [0.4, 0.5) is 5.69 Å². The van der Waals surface area contributed by atoms with E-state index in [9.17, 15) is 0 Å². The van der Waals surface area contributed by atoms with Crippen molar-refractivity contribution in [3.05, 3.63) is 60.2 Å². The van der Waals surface area contributed by atoms with Crippen LogP contribution in [-0.4, -0.2) is 4.98 Å². The van der Waals surface area contributed by atoms with Crippen LogP contribution >= 0.6 is 0 Å². The van der Waals surface area contributed by atoms with Gasteiger partial charge in [-0.1, -0.05) is 55.5 Å². The van der Waals surface area contributed by atoms with Crippen molar-refractivity contribution in [1.29, 1.82) is 0 Å². The molecule has 2 heteroatoms. The summed E-state index contributed by atoms with van der Waals surface area (Å²) in [5.41, 5.74) is 11.3. The number of nitrogens with zero attached hydrogens (tertiary/aromatic N) is 1. The number of fused-ring (bicyclic) bond motifs is 1. The summed E-state index contributed by atoms with van der Waals surface area (Å²) in [5, 5.41) is 1.04. The van der Waals surface area contributed by atoms with Crippen molar-refractivity contribution < 1.29 is 0 Å². The number of rotatable bonds is 2. The average Bonchev–Trinajstić information content (AvgIpc) is 2.47. The molecule has 1 aromatic heterocycles. The van der Waals surface area contributed by atoms with Crippen molar-refractivity contribution in [1.82, 2.24) is 4.98 Å². The number of para-hydroxylation sites is 1. The molecule has 0 aliphatic heterocycles. The molecule has 3 aromatic rings. The zero-order valence-corrected chi connectivity index (χ0v) is 10.9. The van der Waals surface area contributed by atoms with Crippen LogP contribution in [0.15, 0.2) is 54.6 Å². The van der Waals surface area contributed by atoms with Crippen molar-refractivity contribution in [2.75, 3.05) is 5.73 Å². The summed E-state index contributed by atoms with van der Waals surface area (Å²) >= 11 is 0. The van der Waals surface area contributed by atoms with Gasteiger partial charge >= 0.3 is 0 Å². The lowest BCUT2D eigenvalue weighted by Crippen LogP contribution is -1.95. The molecule has 3 rings (SSSR count). The monoisotopic (exact) mass is 248 g/mol. The van der Waals surface area contributed by atoms with Crippen LogP contribution < -0.4 is 5.73 Å². The van der Waals surface area contributed by atoms with Crippen LogP contribution in [0.1, 0.15) is 12.5 Å². The molecule has 0 saturated carbocycles. The zero-order valence-electron chi connectivity index (χ0n) is 10.9. The molecule has 0 spiro atoms. The van der Waals surface area contributed by atoms with E-state index in [0.717, 1.165) is 34.3 Å². The minimum atomic E-state index is 0.791. The maximum absolute atomic E-state index is 6.18. The minimum Gasteiger partial charge on any atom is -0.398 e. The molecule has 2 N–H and O–H groups in total. The Bertz CT molecular complexity index is 718. The molecule has 0 atom stereocenters. The first-order valence-corrected chi connectivity index (χ1v) is 6.53. The molecule has 2 nitrogen and oxygen atoms in total. The van der Waals surface area contributed by atoms with Crippen LogP contribution in [0, 0.1) is 0 Å². The van der Waals surface area contributed by atoms with Crippen molar-refractivity contribution in [3.63, 3.8) is 0 Å². The molecular formula is C17H16N2. The van der Waals surface area contributed by atoms with Gasteiger partial charge in [0, 0.05) is 16.6 Å². The van der Waals surface area contributed by atoms with Gasteiger partial charge in [-0.15, -0.1) is 0 Å². The van der Waals surface area contributed by atoms with E-state index in [0.29, 0.717) is 0 Å². The van der Waals surface area contributed by atoms with Gasteiger partial charge in [0.15, 0.2) is 0 Å². The first-order valence-electron chi connectivity index (χ1n) is 6.53. The largest absolute Gasteiger partial charge is 0.398 e. The molecule has 0 radical (unpaired) electrons. The number of nitrogens with two attached hydrogens (primary N) is 1. The number of aromatic nitrogens is 1. The van der Waals surface area contributed by atoms with Crippen molar-refractivity contribution >= 4 is 16.6 Å². The predicted molar refractivity (Wildman–Crippen MR) is 81.0 cm³/mol. The highest BCUT2D eigenvalue weighted by atomic mass is 14.7. The number of anilines is 1. The first-order chi connectivity index (χ1) is 9.29. The Labute approximate surface area is 112 Å². The Kier molecular flexibility index (Phi) is 2.92. The third-order valence-corrected chi connectivity index (χ3v) is 3.41. The van der Waals surface area contributed by atoms with Crippen LogP contribution in [-0.2, 0) is 6.42 Å². The molecule has 0 saturated heterocycles. The lowest BCUT2D eigenvalue weighted by atomic mass is 10.0. The second kappa shape index (κ2) is 4.73. The summed E-state index contributed by atoms with van der Waals surface area (Å²) in [6, 6.07) is 18.3. The Hall–Kier alpha value is -2.35. The Morgan fingerprint density at radius 1 is 1.00 bits per heavy atom. The minimum absolute atomic E-state index is 0.791. The van der Waals surface area contributed by atoms with E-state index in [1.807, 2.05) is 36.4 Å². The SMILES string of the molecule is CCc1cccc2c(N)cc(-c3ccccc3)nc12. The quantitative estimate of drug-likeness (QED) is 0.743. The molecule has 0 bridgehead atoms. The highest BCUT2D eigenvalue weighted by Gasteiger charge is 2.07. The highest BCUT2D eigenvalue weighted by molar-refractivity contribution is 5.94. The van der Waals surface area contributed by atoms with E-state index < -0.39 is 0 Å². The van der Waals surface area contributed by atoms with Gasteiger partial charge in [-0.2, -0.15) is 0 Å². The fraction of sp³-hybridized carbons (Fsp3) is 0.118. The summed E-state index contributed by atoms with van der Waals surface area (Å²) in [4.78, 5) is 4.80. The van der Waals surface area contributed by atoms with Crippen molar-refractivity contribution in [2.24, 2.45) is 0 Å². The second-order valence-electron chi connectivity index (χ2n) is 4.63. The number of nitrogen functional groups attached to an aromatic ring is 1. The third kappa shape index (κ3) is 2.06. The topological polar surface area (TPSA) is 38.9 Å². The lowest BCUT2D eigenvalue weighted by molar-refractivity contribution is 1.15. The van der Waals surface area contributed by atoms with Crippen LogP contribution in [0.25, 0.3) is 22.2 Å². The Morgan fingerprint density at radius 2 is 1.79 bits per heavy atom. The molecule has 2 aromatic carbocycles. The summed E-state index contributed by atoms with van der Waals surface area (Å²) in [5.74, 6) is 0. The number of aryl methyl sites for hydroxylation is 1. The number of pyridine rings is 1. The van der Waals surface area contributed by atoms with Gasteiger partial charge < -0.3 is 5.73 Å². The molecule has 0 unspecified atom stereocenters. The molecular weight excluding hydrogens is 232 g/mol. The van der Waals surface area contributed by atoms with E-state index in [-0.39, 0.29) is 0 Å². The molecule has 0 aliphatic carbocycles. The number of benzene rings is 2. The fourth-order valence-electron chi connectivity index (χ4n) is 2.38. The molecule has 94 valence electrons. The van der Waals surface area contributed by atoms with Crippen LogP contribution in [0.2, 0.25) is 0 Å². The van der Waals surface area contributed by atoms with Crippen molar-refractivity contribution in [3.8, 4) is 11.3 Å². The smallest absolute Gasteiger partial charge is 0.0762 e. The van der Waals surface area contributed by atoms with Gasteiger partial charge in [-0.25, -0.2) is 4.98 Å². The van der Waals surface area contributed by atoms with Gasteiger partial charge in [0.05, 0.1) is 11.2 Å². The summed E-state index contributed by atoms with van der Waals surface area (Å²) in [6.07, 6.45) is 0.960. The standard InChI is InChI=1S/C17H16N2/c1-2-12-9-6-10-14-15(18)11-16(19-17(12)14)13-7-4-3-5-8-13/h3-11H,2H2,1H3,(H2,18,19). The maximum Gasteiger partial charge on any atom is 0.0762 e. The Morgan fingerprint density at radius 3 is 2.53 bits per heavy atom. The number of hydrogen-bond acceptors (Lipinski definition) is 2. The second-order valence-corrected chi connectivity index (χ2v) is 4.63. The predicted octanol–water partition coefficient (Wildman–Crippen LogP) is 4.05. The van der Waals surface area contributed by atoms with Crippen LogP contribution in [0.5, 0.6) is 0 Å². The fourth-order valence-corrected chi connectivity index (χ4v) is 2.38. The molecule has 0 amide bonds. The van der Waals surface area contributed by atoms with Gasteiger partial charge in [0.2, 0.25) is 0 Å². The van der Waals surface area contributed by atoms with E-state index in [4.69, 9.17) is 10.7 Å². The van der Waals surface area contributed by atoms with E-state index >= 15 is 0 Å². The number of hydrogen-bond donors (Lipinski definition) is 1. The maximum atomic E-state index is 6.18. The van der Waals surface area contributed by atoms with E-state index in [2.05, 4.69) is 25.1 Å². The van der Waals surface area contributed by atoms with E-state index in [1.54, 1.807) is 0 Å². The highest BCUT2D eigenvalue weighted by Crippen LogP contribution is 2.28. The lowest BCUT2D eigenvalue weighted by Gasteiger charge is -2.09. The van der Waals surface area contributed by atoms with Crippen LogP contribution in [0.3, 0.4) is 0 Å². The van der Waals surface area contributed by atoms with Gasteiger partial charge in [-0.05, 0) is 18.1 Å². The molecule has 0 fully saturated rings. The van der Waals surface area contributed by atoms with Gasteiger partial charge in [0.1, 0.15) is 0 Å². The molecule has 19 heavy (non-hydrogen) atoms. The zero-order chi connectivity index (χ0) is 13.2. The van der Waals surface area contributed by atoms with Gasteiger partial charge in [0.25, 0.3) is 0 Å². The first kappa shape index (κ1) is 11.7. The van der Waals surface area contributed by atoms with Gasteiger partial charge in [-0.3, -0.25) is 0 Å². The molecule has 0 aliphatic rings.